The minimum atomic E-state index is -0.123. The van der Waals surface area contributed by atoms with E-state index >= 15 is 0 Å². The molecule has 1 saturated carbocycles. The number of unbranched alkanes of at least 4 members (excludes halogenated alkanes) is 6. The van der Waals surface area contributed by atoms with Crippen molar-refractivity contribution in [2.75, 3.05) is 13.2 Å². The Morgan fingerprint density at radius 2 is 1.52 bits per heavy atom. The fourth-order valence-corrected chi connectivity index (χ4v) is 6.27. The zero-order valence-corrected chi connectivity index (χ0v) is 21.9. The molecule has 0 aromatic carbocycles. The molecule has 0 bridgehead atoms. The third-order valence-corrected chi connectivity index (χ3v) is 8.96. The SMILES string of the molecule is C=C(C)CC[C@@]1(C)CC[C@@]2(C)CN[C@](C)(C(=C)OCCCCCCCCC)C[C@@]2(C)C1. The molecule has 0 aromatic rings. The van der Waals surface area contributed by atoms with Crippen molar-refractivity contribution in [2.45, 2.75) is 131 Å². The number of rotatable bonds is 13. The van der Waals surface area contributed by atoms with Gasteiger partial charge in [-0.3, -0.25) is 0 Å². The van der Waals surface area contributed by atoms with Gasteiger partial charge in [-0.15, -0.1) is 6.58 Å². The van der Waals surface area contributed by atoms with Gasteiger partial charge in [-0.25, -0.2) is 0 Å². The predicted octanol–water partition coefficient (Wildman–Crippen LogP) is 8.58. The standard InChI is InChI=1S/C29H53NO/c1-9-10-11-12-13-14-15-20-31-25(4)29(8)22-28(7)21-26(5,17-16-24(2)3)18-19-27(28,6)23-30-29/h30H,2,4,9-23H2,1,3,5-8H3/t26-,27-,28+,29-/m0/s1. The second-order valence-electron chi connectivity index (χ2n) is 12.3. The first kappa shape index (κ1) is 26.5. The fourth-order valence-electron chi connectivity index (χ4n) is 6.27. The Kier molecular flexibility index (Phi) is 9.32. The fraction of sp³-hybridized carbons (Fsp3) is 0.862. The Hall–Kier alpha value is -0.760. The molecule has 2 aliphatic rings. The molecule has 2 nitrogen and oxygen atoms in total. The molecule has 0 aromatic heterocycles. The van der Waals surface area contributed by atoms with Crippen molar-refractivity contribution >= 4 is 0 Å². The topological polar surface area (TPSA) is 21.3 Å². The molecule has 1 aliphatic heterocycles. The van der Waals surface area contributed by atoms with Crippen LogP contribution >= 0.6 is 0 Å². The van der Waals surface area contributed by atoms with E-state index in [1.54, 1.807) is 0 Å². The van der Waals surface area contributed by atoms with Crippen LogP contribution in [-0.4, -0.2) is 18.7 Å². The zero-order chi connectivity index (χ0) is 23.2. The Morgan fingerprint density at radius 3 is 2.16 bits per heavy atom. The van der Waals surface area contributed by atoms with Gasteiger partial charge in [0, 0.05) is 6.54 Å². The molecule has 0 amide bonds. The van der Waals surface area contributed by atoms with Crippen LogP contribution in [0.15, 0.2) is 24.5 Å². The summed E-state index contributed by atoms with van der Waals surface area (Å²) < 4.78 is 6.23. The Balaban J connectivity index is 1.90. The van der Waals surface area contributed by atoms with Gasteiger partial charge < -0.3 is 10.1 Å². The van der Waals surface area contributed by atoms with Gasteiger partial charge >= 0.3 is 0 Å². The van der Waals surface area contributed by atoms with Gasteiger partial charge in [0.25, 0.3) is 0 Å². The van der Waals surface area contributed by atoms with Crippen molar-refractivity contribution in [1.82, 2.24) is 5.32 Å². The highest BCUT2D eigenvalue weighted by Gasteiger charge is 2.57. The van der Waals surface area contributed by atoms with Crippen molar-refractivity contribution in [1.29, 1.82) is 0 Å². The summed E-state index contributed by atoms with van der Waals surface area (Å²) in [7, 11) is 0. The Morgan fingerprint density at radius 1 is 0.871 bits per heavy atom. The van der Waals surface area contributed by atoms with E-state index in [0.717, 1.165) is 38.2 Å². The summed E-state index contributed by atoms with van der Waals surface area (Å²) in [5.41, 5.74) is 2.28. The summed E-state index contributed by atoms with van der Waals surface area (Å²) in [5, 5.41) is 3.87. The van der Waals surface area contributed by atoms with Gasteiger partial charge in [-0.2, -0.15) is 0 Å². The zero-order valence-electron chi connectivity index (χ0n) is 21.9. The number of hydrogen-bond acceptors (Lipinski definition) is 2. The van der Waals surface area contributed by atoms with Crippen molar-refractivity contribution in [3.8, 4) is 0 Å². The summed E-state index contributed by atoms with van der Waals surface area (Å²) >= 11 is 0. The summed E-state index contributed by atoms with van der Waals surface area (Å²) in [6.07, 6.45) is 16.7. The second kappa shape index (κ2) is 10.9. The summed E-state index contributed by atoms with van der Waals surface area (Å²) in [5.74, 6) is 0.955. The third-order valence-electron chi connectivity index (χ3n) is 8.96. The smallest absolute Gasteiger partial charge is 0.109 e. The molecule has 2 rings (SSSR count). The van der Waals surface area contributed by atoms with E-state index in [-0.39, 0.29) is 5.54 Å². The quantitative estimate of drug-likeness (QED) is 0.179. The van der Waals surface area contributed by atoms with E-state index in [1.807, 2.05) is 0 Å². The molecule has 0 radical (unpaired) electrons. The molecular formula is C29H53NO. The Labute approximate surface area is 194 Å². The van der Waals surface area contributed by atoms with E-state index in [4.69, 9.17) is 4.74 Å². The molecular weight excluding hydrogens is 378 g/mol. The number of fused-ring (bicyclic) bond motifs is 1. The lowest BCUT2D eigenvalue weighted by Crippen LogP contribution is -2.64. The van der Waals surface area contributed by atoms with Crippen LogP contribution in [0, 0.1) is 16.2 Å². The van der Waals surface area contributed by atoms with Crippen molar-refractivity contribution in [2.24, 2.45) is 16.2 Å². The molecule has 1 aliphatic carbocycles. The van der Waals surface area contributed by atoms with Gasteiger partial charge in [0.1, 0.15) is 5.76 Å². The van der Waals surface area contributed by atoms with Crippen LogP contribution in [0.25, 0.3) is 0 Å². The van der Waals surface area contributed by atoms with E-state index in [9.17, 15) is 0 Å². The lowest BCUT2D eigenvalue weighted by atomic mass is 9.46. The average Bonchev–Trinajstić information content (AvgIpc) is 2.69. The highest BCUT2D eigenvalue weighted by atomic mass is 16.5. The number of ether oxygens (including phenoxy) is 1. The highest BCUT2D eigenvalue weighted by Crippen LogP contribution is 2.62. The Bertz CT molecular complexity index is 612. The highest BCUT2D eigenvalue weighted by molar-refractivity contribution is 5.18. The van der Waals surface area contributed by atoms with Crippen molar-refractivity contribution in [3.63, 3.8) is 0 Å². The van der Waals surface area contributed by atoms with Gasteiger partial charge in [0.05, 0.1) is 12.1 Å². The van der Waals surface area contributed by atoms with Gasteiger partial charge in [0.15, 0.2) is 0 Å². The molecule has 180 valence electrons. The average molecular weight is 432 g/mol. The molecule has 31 heavy (non-hydrogen) atoms. The summed E-state index contributed by atoms with van der Waals surface area (Å²) in [6.45, 7) is 24.8. The van der Waals surface area contributed by atoms with Crippen molar-refractivity contribution < 1.29 is 4.74 Å². The molecule has 4 atom stereocenters. The van der Waals surface area contributed by atoms with Crippen molar-refractivity contribution in [3.05, 3.63) is 24.5 Å². The molecule has 0 spiro atoms. The van der Waals surface area contributed by atoms with Gasteiger partial charge in [0.2, 0.25) is 0 Å². The maximum absolute atomic E-state index is 6.23. The van der Waals surface area contributed by atoms with Crippen LogP contribution in [0.3, 0.4) is 0 Å². The number of piperidine rings is 1. The molecule has 1 heterocycles. The lowest BCUT2D eigenvalue weighted by molar-refractivity contribution is -0.0987. The third kappa shape index (κ3) is 6.86. The molecule has 2 heteroatoms. The van der Waals surface area contributed by atoms with E-state index < -0.39 is 0 Å². The molecule has 1 saturated heterocycles. The second-order valence-corrected chi connectivity index (χ2v) is 12.3. The van der Waals surface area contributed by atoms with E-state index in [2.05, 4.69) is 60.0 Å². The van der Waals surface area contributed by atoms with Crippen LogP contribution in [0.4, 0.5) is 0 Å². The largest absolute Gasteiger partial charge is 0.497 e. The number of nitrogens with one attached hydrogen (secondary N) is 1. The summed E-state index contributed by atoms with van der Waals surface area (Å²) in [6, 6.07) is 0. The van der Waals surface area contributed by atoms with Gasteiger partial charge in [-0.1, -0.05) is 78.4 Å². The van der Waals surface area contributed by atoms with Crippen LogP contribution in [-0.2, 0) is 4.74 Å². The normalized spacial score (nSPS) is 35.4. The van der Waals surface area contributed by atoms with Gasteiger partial charge in [-0.05, 0) is 75.0 Å². The maximum atomic E-state index is 6.23. The first-order valence-electron chi connectivity index (χ1n) is 13.2. The monoisotopic (exact) mass is 431 g/mol. The first-order chi connectivity index (χ1) is 14.5. The molecule has 1 N–H and O–H groups in total. The number of allylic oxidation sites excluding steroid dienone is 1. The van der Waals surface area contributed by atoms with Crippen LogP contribution in [0.5, 0.6) is 0 Å². The minimum absolute atomic E-state index is 0.123. The first-order valence-corrected chi connectivity index (χ1v) is 13.2. The number of hydrogen-bond donors (Lipinski definition) is 1. The maximum Gasteiger partial charge on any atom is 0.109 e. The predicted molar refractivity (Wildman–Crippen MR) is 136 cm³/mol. The van der Waals surface area contributed by atoms with Crippen LogP contribution < -0.4 is 5.32 Å². The lowest BCUT2D eigenvalue weighted by Gasteiger charge is -2.62. The summed E-state index contributed by atoms with van der Waals surface area (Å²) in [4.78, 5) is 0. The molecule has 0 unspecified atom stereocenters. The van der Waals surface area contributed by atoms with Crippen LogP contribution in [0.1, 0.15) is 125 Å². The molecule has 2 fully saturated rings. The minimum Gasteiger partial charge on any atom is -0.497 e. The van der Waals surface area contributed by atoms with Crippen LogP contribution in [0.2, 0.25) is 0 Å². The van der Waals surface area contributed by atoms with E-state index in [0.29, 0.717) is 16.2 Å². The van der Waals surface area contributed by atoms with E-state index in [1.165, 1.54) is 69.8 Å².